The van der Waals surface area contributed by atoms with Crippen LogP contribution in [0, 0.1) is 0 Å². The highest BCUT2D eigenvalue weighted by molar-refractivity contribution is 8.18. The molecule has 6 nitrogen and oxygen atoms in total. The largest absolute Gasteiger partial charge is 0.497 e. The number of nitrogens with zero attached hydrogens (tertiary/aromatic N) is 1. The van der Waals surface area contributed by atoms with Gasteiger partial charge in [-0.1, -0.05) is 31.2 Å². The second-order valence-electron chi connectivity index (χ2n) is 6.41. The fraction of sp³-hybridized carbons (Fsp3) is 0.227. The lowest BCUT2D eigenvalue weighted by atomic mass is 10.1. The van der Waals surface area contributed by atoms with Crippen molar-refractivity contribution in [1.29, 1.82) is 0 Å². The minimum absolute atomic E-state index is 0.128. The van der Waals surface area contributed by atoms with E-state index >= 15 is 0 Å². The highest BCUT2D eigenvalue weighted by Gasteiger charge is 2.34. The number of carbonyl (C=O) groups excluding carboxylic acids is 3. The molecule has 29 heavy (non-hydrogen) atoms. The molecule has 1 saturated heterocycles. The summed E-state index contributed by atoms with van der Waals surface area (Å²) in [6.45, 7) is 2.38. The van der Waals surface area contributed by atoms with Gasteiger partial charge in [0.2, 0.25) is 0 Å². The number of methoxy groups -OCH3 is 1. The Kier molecular flexibility index (Phi) is 6.72. The zero-order valence-corrected chi connectivity index (χ0v) is 17.1. The first kappa shape index (κ1) is 20.7. The predicted octanol–water partition coefficient (Wildman–Crippen LogP) is 3.72. The zero-order valence-electron chi connectivity index (χ0n) is 16.3. The molecule has 0 atom stereocenters. The van der Waals surface area contributed by atoms with Crippen LogP contribution in [0.3, 0.4) is 0 Å². The quantitative estimate of drug-likeness (QED) is 0.704. The lowest BCUT2D eigenvalue weighted by molar-refractivity contribution is -0.122. The van der Waals surface area contributed by atoms with Gasteiger partial charge in [-0.2, -0.15) is 0 Å². The molecule has 1 aliphatic rings. The number of carbonyl (C=O) groups is 3. The number of imide groups is 1. The third kappa shape index (κ3) is 5.06. The fourth-order valence-corrected chi connectivity index (χ4v) is 3.68. The molecule has 3 rings (SSSR count). The third-order valence-corrected chi connectivity index (χ3v) is 5.44. The number of amides is 3. The summed E-state index contributed by atoms with van der Waals surface area (Å²) in [6.07, 6.45) is 2.59. The molecule has 1 N–H and O–H groups in total. The smallest absolute Gasteiger partial charge is 0.293 e. The van der Waals surface area contributed by atoms with Crippen molar-refractivity contribution >= 4 is 34.9 Å². The van der Waals surface area contributed by atoms with Crippen LogP contribution in [-0.2, 0) is 11.2 Å². The monoisotopic (exact) mass is 410 g/mol. The molecular weight excluding hydrogens is 388 g/mol. The van der Waals surface area contributed by atoms with Gasteiger partial charge in [0, 0.05) is 18.7 Å². The van der Waals surface area contributed by atoms with Crippen LogP contribution in [0.5, 0.6) is 5.75 Å². The molecule has 1 aliphatic heterocycles. The Balaban J connectivity index is 1.56. The number of rotatable bonds is 7. The molecule has 2 aromatic carbocycles. The Labute approximate surface area is 173 Å². The summed E-state index contributed by atoms with van der Waals surface area (Å²) in [4.78, 5) is 38.5. The predicted molar refractivity (Wildman–Crippen MR) is 114 cm³/mol. The van der Waals surface area contributed by atoms with Crippen molar-refractivity contribution in [2.75, 3.05) is 20.2 Å². The molecule has 7 heteroatoms. The van der Waals surface area contributed by atoms with Crippen LogP contribution >= 0.6 is 11.8 Å². The first-order valence-electron chi connectivity index (χ1n) is 9.28. The lowest BCUT2D eigenvalue weighted by Crippen LogP contribution is -2.37. The number of ether oxygens (including phenoxy) is 1. The van der Waals surface area contributed by atoms with E-state index in [1.807, 2.05) is 24.3 Å². The highest BCUT2D eigenvalue weighted by atomic mass is 32.2. The highest BCUT2D eigenvalue weighted by Crippen LogP contribution is 2.32. The standard InChI is InChI=1S/C22H22N2O4S/c1-3-15-4-8-17(9-5-15)20(25)23-12-13-24-21(26)19(29-22(24)27)14-16-6-10-18(28-2)11-7-16/h4-11,14H,3,12-13H2,1-2H3,(H,23,25)/b19-14+. The van der Waals surface area contributed by atoms with Gasteiger partial charge in [-0.15, -0.1) is 0 Å². The second kappa shape index (κ2) is 9.43. The molecule has 0 aliphatic carbocycles. The van der Waals surface area contributed by atoms with Gasteiger partial charge in [-0.25, -0.2) is 0 Å². The number of nitrogens with one attached hydrogen (secondary N) is 1. The maximum absolute atomic E-state index is 12.5. The summed E-state index contributed by atoms with van der Waals surface area (Å²) < 4.78 is 5.11. The van der Waals surface area contributed by atoms with E-state index in [0.717, 1.165) is 40.0 Å². The molecule has 1 heterocycles. The second-order valence-corrected chi connectivity index (χ2v) is 7.41. The molecule has 0 radical (unpaired) electrons. The maximum atomic E-state index is 12.5. The average Bonchev–Trinajstić information content (AvgIpc) is 3.01. The molecule has 0 saturated carbocycles. The molecule has 0 unspecified atom stereocenters. The topological polar surface area (TPSA) is 75.7 Å². The Morgan fingerprint density at radius 1 is 1.10 bits per heavy atom. The van der Waals surface area contributed by atoms with E-state index in [9.17, 15) is 14.4 Å². The van der Waals surface area contributed by atoms with Gasteiger partial charge in [0.1, 0.15) is 5.75 Å². The summed E-state index contributed by atoms with van der Waals surface area (Å²) in [5.41, 5.74) is 2.51. The van der Waals surface area contributed by atoms with Gasteiger partial charge < -0.3 is 10.1 Å². The van der Waals surface area contributed by atoms with Gasteiger partial charge in [0.25, 0.3) is 17.1 Å². The molecular formula is C22H22N2O4S. The Morgan fingerprint density at radius 3 is 2.41 bits per heavy atom. The van der Waals surface area contributed by atoms with Crippen LogP contribution in [0.2, 0.25) is 0 Å². The van der Waals surface area contributed by atoms with Gasteiger partial charge >= 0.3 is 0 Å². The van der Waals surface area contributed by atoms with Crippen LogP contribution in [0.25, 0.3) is 6.08 Å². The summed E-state index contributed by atoms with van der Waals surface area (Å²) in [5.74, 6) is 0.140. The third-order valence-electron chi connectivity index (χ3n) is 4.53. The molecule has 0 bridgehead atoms. The first-order valence-corrected chi connectivity index (χ1v) is 10.1. The van der Waals surface area contributed by atoms with Crippen molar-refractivity contribution in [2.24, 2.45) is 0 Å². The van der Waals surface area contributed by atoms with Crippen LogP contribution in [0.1, 0.15) is 28.4 Å². The van der Waals surface area contributed by atoms with Crippen molar-refractivity contribution in [2.45, 2.75) is 13.3 Å². The molecule has 3 amide bonds. The Morgan fingerprint density at radius 2 is 1.79 bits per heavy atom. The van der Waals surface area contributed by atoms with Gasteiger partial charge in [-0.05, 0) is 59.7 Å². The minimum Gasteiger partial charge on any atom is -0.497 e. The summed E-state index contributed by atoms with van der Waals surface area (Å²) in [7, 11) is 1.58. The maximum Gasteiger partial charge on any atom is 0.293 e. The molecule has 150 valence electrons. The minimum atomic E-state index is -0.350. The van der Waals surface area contributed by atoms with E-state index in [-0.39, 0.29) is 30.1 Å². The van der Waals surface area contributed by atoms with Crippen LogP contribution in [0.4, 0.5) is 4.79 Å². The molecule has 0 spiro atoms. The van der Waals surface area contributed by atoms with Gasteiger partial charge in [0.15, 0.2) is 0 Å². The summed E-state index contributed by atoms with van der Waals surface area (Å²) in [6, 6.07) is 14.6. The van der Waals surface area contributed by atoms with E-state index in [1.165, 1.54) is 0 Å². The first-order chi connectivity index (χ1) is 14.0. The molecule has 2 aromatic rings. The van der Waals surface area contributed by atoms with Crippen molar-refractivity contribution < 1.29 is 19.1 Å². The van der Waals surface area contributed by atoms with E-state index in [2.05, 4.69) is 12.2 Å². The van der Waals surface area contributed by atoms with Gasteiger partial charge in [0.05, 0.1) is 12.0 Å². The van der Waals surface area contributed by atoms with Gasteiger partial charge in [-0.3, -0.25) is 19.3 Å². The van der Waals surface area contributed by atoms with E-state index < -0.39 is 0 Å². The summed E-state index contributed by atoms with van der Waals surface area (Å²) >= 11 is 0.900. The molecule has 0 aromatic heterocycles. The number of hydrogen-bond acceptors (Lipinski definition) is 5. The average molecular weight is 410 g/mol. The van der Waals surface area contributed by atoms with Crippen molar-refractivity contribution in [3.63, 3.8) is 0 Å². The fourth-order valence-electron chi connectivity index (χ4n) is 2.82. The van der Waals surface area contributed by atoms with Crippen molar-refractivity contribution in [3.8, 4) is 5.75 Å². The van der Waals surface area contributed by atoms with E-state index in [1.54, 1.807) is 37.5 Å². The van der Waals surface area contributed by atoms with E-state index in [0.29, 0.717) is 10.5 Å². The normalized spacial score (nSPS) is 15.1. The van der Waals surface area contributed by atoms with Crippen LogP contribution in [0.15, 0.2) is 53.4 Å². The van der Waals surface area contributed by atoms with Crippen LogP contribution < -0.4 is 10.1 Å². The Bertz CT molecular complexity index is 936. The SMILES string of the molecule is CCc1ccc(C(=O)NCCN2C(=O)S/C(=C/c3ccc(OC)cc3)C2=O)cc1. The number of aryl methyl sites for hydroxylation is 1. The Hall–Kier alpha value is -3.06. The number of hydrogen-bond donors (Lipinski definition) is 1. The number of benzene rings is 2. The lowest BCUT2D eigenvalue weighted by Gasteiger charge is -2.13. The van der Waals surface area contributed by atoms with Crippen LogP contribution in [-0.4, -0.2) is 42.2 Å². The zero-order chi connectivity index (χ0) is 20.8. The van der Waals surface area contributed by atoms with Crippen molar-refractivity contribution in [3.05, 3.63) is 70.1 Å². The molecule has 1 fully saturated rings. The van der Waals surface area contributed by atoms with Crippen molar-refractivity contribution in [1.82, 2.24) is 10.2 Å². The summed E-state index contributed by atoms with van der Waals surface area (Å²) in [5, 5.41) is 2.42. The van der Waals surface area contributed by atoms with E-state index in [4.69, 9.17) is 4.74 Å². The number of thioether (sulfide) groups is 1.